The van der Waals surface area contributed by atoms with Gasteiger partial charge in [0, 0.05) is 10.9 Å². The van der Waals surface area contributed by atoms with Crippen LogP contribution in [0.2, 0.25) is 0 Å². The van der Waals surface area contributed by atoms with E-state index in [9.17, 15) is 0 Å². The summed E-state index contributed by atoms with van der Waals surface area (Å²) >= 11 is 0. The van der Waals surface area contributed by atoms with E-state index in [2.05, 4.69) is 20.4 Å². The van der Waals surface area contributed by atoms with Gasteiger partial charge in [-0.25, -0.2) is 0 Å². The van der Waals surface area contributed by atoms with Crippen molar-refractivity contribution in [2.75, 3.05) is 7.11 Å². The summed E-state index contributed by atoms with van der Waals surface area (Å²) in [6, 6.07) is 5.88. The Kier molecular flexibility index (Phi) is 1.58. The normalized spacial score (nSPS) is 13.8. The highest BCUT2D eigenvalue weighted by atomic mass is 16.5. The smallest absolute Gasteiger partial charge is 0.261 e. The maximum atomic E-state index is 5.13. The number of nitrogens with one attached hydrogen (secondary N) is 1. The Morgan fingerprint density at radius 1 is 1.33 bits per heavy atom. The van der Waals surface area contributed by atoms with Crippen molar-refractivity contribution in [3.63, 3.8) is 0 Å². The van der Waals surface area contributed by atoms with Crippen LogP contribution in [-0.4, -0.2) is 29.4 Å². The first-order valence-electron chi connectivity index (χ1n) is 4.52. The molecule has 2 aromatic rings. The summed E-state index contributed by atoms with van der Waals surface area (Å²) in [5, 5.41) is 16.0. The summed E-state index contributed by atoms with van der Waals surface area (Å²) in [5.74, 6) is 0.433. The SMILES string of the molecule is COC1=NN=Cc2cccc3[nH]nc1c23. The molecule has 0 aliphatic carbocycles. The highest BCUT2D eigenvalue weighted by Crippen LogP contribution is 2.22. The van der Waals surface area contributed by atoms with Gasteiger partial charge in [-0.2, -0.15) is 10.2 Å². The minimum Gasteiger partial charge on any atom is -0.478 e. The van der Waals surface area contributed by atoms with Crippen LogP contribution in [0.1, 0.15) is 11.3 Å². The van der Waals surface area contributed by atoms with E-state index in [4.69, 9.17) is 4.74 Å². The molecule has 0 atom stereocenters. The number of H-pyrrole nitrogens is 1. The molecule has 0 bridgehead atoms. The van der Waals surface area contributed by atoms with E-state index in [1.807, 2.05) is 18.2 Å². The molecule has 1 aromatic carbocycles. The maximum absolute atomic E-state index is 5.13. The van der Waals surface area contributed by atoms with Gasteiger partial charge in [0.15, 0.2) is 5.69 Å². The molecule has 1 aliphatic heterocycles. The van der Waals surface area contributed by atoms with Crippen LogP contribution in [0.15, 0.2) is 28.4 Å². The van der Waals surface area contributed by atoms with Gasteiger partial charge in [-0.1, -0.05) is 12.1 Å². The fourth-order valence-corrected chi connectivity index (χ4v) is 1.69. The van der Waals surface area contributed by atoms with Gasteiger partial charge in [-0.15, -0.1) is 5.10 Å². The topological polar surface area (TPSA) is 62.6 Å². The molecule has 15 heavy (non-hydrogen) atoms. The van der Waals surface area contributed by atoms with E-state index in [1.54, 1.807) is 13.3 Å². The molecule has 5 nitrogen and oxygen atoms in total. The van der Waals surface area contributed by atoms with Crippen LogP contribution in [0.5, 0.6) is 0 Å². The van der Waals surface area contributed by atoms with Crippen molar-refractivity contribution in [2.24, 2.45) is 10.2 Å². The van der Waals surface area contributed by atoms with Crippen molar-refractivity contribution in [3.05, 3.63) is 29.5 Å². The van der Waals surface area contributed by atoms with E-state index in [0.29, 0.717) is 11.6 Å². The van der Waals surface area contributed by atoms with Crippen molar-refractivity contribution >= 4 is 23.0 Å². The summed E-state index contributed by atoms with van der Waals surface area (Å²) < 4.78 is 5.13. The van der Waals surface area contributed by atoms with Gasteiger partial charge in [-0.05, 0) is 6.07 Å². The van der Waals surface area contributed by atoms with E-state index >= 15 is 0 Å². The van der Waals surface area contributed by atoms with Gasteiger partial charge in [0.1, 0.15) is 0 Å². The monoisotopic (exact) mass is 200 g/mol. The zero-order chi connectivity index (χ0) is 10.3. The summed E-state index contributed by atoms with van der Waals surface area (Å²) in [6.07, 6.45) is 1.70. The molecule has 0 spiro atoms. The molecule has 0 unspecified atom stereocenters. The predicted molar refractivity (Wildman–Crippen MR) is 57.2 cm³/mol. The lowest BCUT2D eigenvalue weighted by atomic mass is 10.1. The zero-order valence-corrected chi connectivity index (χ0v) is 8.06. The lowest BCUT2D eigenvalue weighted by Gasteiger charge is -1.98. The first-order valence-corrected chi connectivity index (χ1v) is 4.52. The van der Waals surface area contributed by atoms with E-state index in [1.165, 1.54) is 0 Å². The van der Waals surface area contributed by atoms with E-state index in [-0.39, 0.29) is 0 Å². The molecule has 1 aromatic heterocycles. The van der Waals surface area contributed by atoms with Crippen molar-refractivity contribution in [3.8, 4) is 0 Å². The zero-order valence-electron chi connectivity index (χ0n) is 8.06. The number of hydrogen-bond donors (Lipinski definition) is 1. The Labute approximate surface area is 85.5 Å². The van der Waals surface area contributed by atoms with Gasteiger partial charge in [0.25, 0.3) is 5.90 Å². The highest BCUT2D eigenvalue weighted by Gasteiger charge is 2.17. The molecule has 5 heteroatoms. The highest BCUT2D eigenvalue weighted by molar-refractivity contribution is 6.12. The van der Waals surface area contributed by atoms with E-state index in [0.717, 1.165) is 16.5 Å². The minimum atomic E-state index is 0.433. The molecule has 1 aliphatic rings. The molecule has 0 fully saturated rings. The molecule has 0 amide bonds. The Morgan fingerprint density at radius 3 is 3.13 bits per heavy atom. The molecule has 3 rings (SSSR count). The summed E-state index contributed by atoms with van der Waals surface area (Å²) in [6.45, 7) is 0. The Morgan fingerprint density at radius 2 is 2.27 bits per heavy atom. The third kappa shape index (κ3) is 1.06. The van der Waals surface area contributed by atoms with E-state index < -0.39 is 0 Å². The van der Waals surface area contributed by atoms with Gasteiger partial charge in [0.2, 0.25) is 0 Å². The molecule has 1 N–H and O–H groups in total. The second kappa shape index (κ2) is 2.91. The lowest BCUT2D eigenvalue weighted by Crippen LogP contribution is -2.03. The van der Waals surface area contributed by atoms with Crippen LogP contribution >= 0.6 is 0 Å². The third-order valence-corrected chi connectivity index (χ3v) is 2.36. The average molecular weight is 200 g/mol. The van der Waals surface area contributed by atoms with Gasteiger partial charge in [-0.3, -0.25) is 5.10 Å². The van der Waals surface area contributed by atoms with Crippen molar-refractivity contribution in [1.82, 2.24) is 10.2 Å². The van der Waals surface area contributed by atoms with Crippen molar-refractivity contribution in [1.29, 1.82) is 0 Å². The largest absolute Gasteiger partial charge is 0.478 e. The fourth-order valence-electron chi connectivity index (χ4n) is 1.69. The molecule has 0 saturated heterocycles. The van der Waals surface area contributed by atoms with Crippen molar-refractivity contribution in [2.45, 2.75) is 0 Å². The van der Waals surface area contributed by atoms with Crippen LogP contribution in [0.4, 0.5) is 0 Å². The number of aromatic nitrogens is 2. The standard InChI is InChI=1S/C10H8N4O/c1-15-10-9-8-6(5-11-14-10)3-2-4-7(8)12-13-9/h2-5H,1H3,(H,12,13). The van der Waals surface area contributed by atoms with Crippen LogP contribution in [-0.2, 0) is 4.74 Å². The minimum absolute atomic E-state index is 0.433. The van der Waals surface area contributed by atoms with Crippen LogP contribution in [0.25, 0.3) is 10.9 Å². The molecule has 74 valence electrons. The fraction of sp³-hybridized carbons (Fsp3) is 0.100. The number of aromatic amines is 1. The summed E-state index contributed by atoms with van der Waals surface area (Å²) in [4.78, 5) is 0. The molecule has 2 heterocycles. The number of hydrogen-bond acceptors (Lipinski definition) is 4. The number of benzene rings is 1. The predicted octanol–water partition coefficient (Wildman–Crippen LogP) is 1.30. The number of methoxy groups -OCH3 is 1. The molecular weight excluding hydrogens is 192 g/mol. The first-order chi connectivity index (χ1) is 7.40. The average Bonchev–Trinajstić information content (AvgIpc) is 2.59. The van der Waals surface area contributed by atoms with Crippen LogP contribution in [0, 0.1) is 0 Å². The lowest BCUT2D eigenvalue weighted by molar-refractivity contribution is 0.402. The number of rotatable bonds is 0. The Bertz CT molecular complexity index is 582. The first kappa shape index (κ1) is 8.16. The second-order valence-corrected chi connectivity index (χ2v) is 3.20. The Hall–Kier alpha value is -2.17. The van der Waals surface area contributed by atoms with Crippen LogP contribution in [0.3, 0.4) is 0 Å². The Balaban J connectivity index is 2.43. The van der Waals surface area contributed by atoms with Gasteiger partial charge < -0.3 is 4.74 Å². The second-order valence-electron chi connectivity index (χ2n) is 3.20. The van der Waals surface area contributed by atoms with Gasteiger partial charge >= 0.3 is 0 Å². The summed E-state index contributed by atoms with van der Waals surface area (Å²) in [5.41, 5.74) is 2.66. The summed E-state index contributed by atoms with van der Waals surface area (Å²) in [7, 11) is 1.56. The third-order valence-electron chi connectivity index (χ3n) is 2.36. The number of nitrogens with zero attached hydrogens (tertiary/aromatic N) is 3. The van der Waals surface area contributed by atoms with Gasteiger partial charge in [0.05, 0.1) is 18.8 Å². The molecule has 0 radical (unpaired) electrons. The quantitative estimate of drug-likeness (QED) is 0.696. The molecular formula is C10H8N4O. The number of ether oxygens (including phenoxy) is 1. The van der Waals surface area contributed by atoms with Crippen LogP contribution < -0.4 is 0 Å². The van der Waals surface area contributed by atoms with Crippen molar-refractivity contribution < 1.29 is 4.74 Å². The maximum Gasteiger partial charge on any atom is 0.261 e. The molecule has 0 saturated carbocycles.